The van der Waals surface area contributed by atoms with Gasteiger partial charge in [0.15, 0.2) is 0 Å². The van der Waals surface area contributed by atoms with E-state index in [0.717, 1.165) is 30.6 Å². The van der Waals surface area contributed by atoms with Gasteiger partial charge < -0.3 is 5.32 Å². The molecule has 1 heterocycles. The van der Waals surface area contributed by atoms with Gasteiger partial charge in [0.05, 0.1) is 0 Å². The number of fused-ring (bicyclic) bond motifs is 1. The van der Waals surface area contributed by atoms with Crippen LogP contribution in [0.15, 0.2) is 35.9 Å². The van der Waals surface area contributed by atoms with E-state index in [9.17, 15) is 8.78 Å². The Balaban J connectivity index is 2.02. The summed E-state index contributed by atoms with van der Waals surface area (Å²) in [5, 5.41) is 3.31. The highest BCUT2D eigenvalue weighted by atomic mass is 19.1. The van der Waals surface area contributed by atoms with Gasteiger partial charge in [-0.3, -0.25) is 0 Å². The summed E-state index contributed by atoms with van der Waals surface area (Å²) in [7, 11) is 0. The fraction of sp³-hybridized carbons (Fsp3) is 0.333. The monoisotopic (exact) mass is 247 g/mol. The molecule has 0 fully saturated rings. The van der Waals surface area contributed by atoms with Crippen LogP contribution in [0.25, 0.3) is 5.57 Å². The zero-order valence-electron chi connectivity index (χ0n) is 10.1. The maximum absolute atomic E-state index is 13.8. The third kappa shape index (κ3) is 2.05. The van der Waals surface area contributed by atoms with Gasteiger partial charge >= 0.3 is 0 Å². The molecule has 3 rings (SSSR count). The molecule has 0 aromatic heterocycles. The minimum atomic E-state index is -0.239. The van der Waals surface area contributed by atoms with Crippen LogP contribution in [0.1, 0.15) is 30.4 Å². The zero-order chi connectivity index (χ0) is 12.5. The highest BCUT2D eigenvalue weighted by Gasteiger charge is 2.16. The Hall–Kier alpha value is -1.64. The lowest BCUT2D eigenvalue weighted by Gasteiger charge is -2.20. The molecule has 18 heavy (non-hydrogen) atoms. The Labute approximate surface area is 105 Å². The number of hydrogen-bond acceptors (Lipinski definition) is 1. The van der Waals surface area contributed by atoms with Gasteiger partial charge in [0.2, 0.25) is 0 Å². The van der Waals surface area contributed by atoms with E-state index < -0.39 is 0 Å². The number of rotatable bonds is 1. The molecule has 0 saturated heterocycles. The van der Waals surface area contributed by atoms with Crippen LogP contribution in [-0.2, 0) is 6.42 Å². The molecule has 1 aromatic carbocycles. The predicted molar refractivity (Wildman–Crippen MR) is 69.7 cm³/mol. The van der Waals surface area contributed by atoms with Crippen LogP contribution < -0.4 is 5.32 Å². The second kappa shape index (κ2) is 4.56. The predicted octanol–water partition coefficient (Wildman–Crippen LogP) is 4.37. The third-order valence-corrected chi connectivity index (χ3v) is 3.54. The van der Waals surface area contributed by atoms with Crippen molar-refractivity contribution in [3.63, 3.8) is 0 Å². The Bertz CT molecular complexity index is 543. The standard InChI is InChI=1S/C15H15F2N/c16-12-5-6-14(17)13(9-12)11-4-3-10-2-1-7-18-15(10)8-11/h3-4,8-9,18H,1-2,5-7H2. The number of hydrogen-bond donors (Lipinski definition) is 1. The normalized spacial score (nSPS) is 19.1. The zero-order valence-corrected chi connectivity index (χ0v) is 10.1. The lowest BCUT2D eigenvalue weighted by atomic mass is 9.94. The Kier molecular flexibility index (Phi) is 2.90. The van der Waals surface area contributed by atoms with Crippen molar-refractivity contribution in [2.45, 2.75) is 25.7 Å². The molecule has 0 bridgehead atoms. The molecule has 0 radical (unpaired) electrons. The van der Waals surface area contributed by atoms with Crippen LogP contribution in [0.4, 0.5) is 14.5 Å². The van der Waals surface area contributed by atoms with E-state index in [1.54, 1.807) is 0 Å². The average Bonchev–Trinajstić information content (AvgIpc) is 2.41. The number of halogens is 2. The molecule has 1 nitrogen and oxygen atoms in total. The van der Waals surface area contributed by atoms with E-state index in [1.807, 2.05) is 18.2 Å². The first-order valence-electron chi connectivity index (χ1n) is 6.36. The van der Waals surface area contributed by atoms with E-state index >= 15 is 0 Å². The highest BCUT2D eigenvalue weighted by molar-refractivity contribution is 5.79. The molecule has 1 aromatic rings. The number of allylic oxidation sites excluding steroid dienone is 4. The van der Waals surface area contributed by atoms with Gasteiger partial charge in [-0.2, -0.15) is 0 Å². The summed E-state index contributed by atoms with van der Waals surface area (Å²) in [4.78, 5) is 0. The molecule has 1 aliphatic heterocycles. The molecule has 94 valence electrons. The fourth-order valence-corrected chi connectivity index (χ4v) is 2.54. The van der Waals surface area contributed by atoms with E-state index in [2.05, 4.69) is 5.32 Å². The summed E-state index contributed by atoms with van der Waals surface area (Å²) < 4.78 is 27.1. The van der Waals surface area contributed by atoms with Gasteiger partial charge in [0, 0.05) is 30.6 Å². The van der Waals surface area contributed by atoms with E-state index in [-0.39, 0.29) is 24.5 Å². The SMILES string of the molecule is FC1=CC(c2ccc3c(c2)NCCC3)=C(F)CC1. The smallest absolute Gasteiger partial charge is 0.108 e. The number of benzene rings is 1. The maximum atomic E-state index is 13.8. The molecular weight excluding hydrogens is 232 g/mol. The van der Waals surface area contributed by atoms with Crippen molar-refractivity contribution < 1.29 is 8.78 Å². The first kappa shape index (κ1) is 11.5. The maximum Gasteiger partial charge on any atom is 0.108 e. The van der Waals surface area contributed by atoms with Crippen molar-refractivity contribution in [1.82, 2.24) is 0 Å². The first-order valence-corrected chi connectivity index (χ1v) is 6.36. The lowest BCUT2D eigenvalue weighted by molar-refractivity contribution is 0.529. The number of aryl methyl sites for hydroxylation is 1. The largest absolute Gasteiger partial charge is 0.385 e. The van der Waals surface area contributed by atoms with Crippen molar-refractivity contribution in [3.8, 4) is 0 Å². The van der Waals surface area contributed by atoms with Crippen molar-refractivity contribution >= 4 is 11.3 Å². The van der Waals surface area contributed by atoms with Crippen LogP contribution in [0, 0.1) is 0 Å². The molecule has 1 aliphatic carbocycles. The summed E-state index contributed by atoms with van der Waals surface area (Å²) in [5.41, 5.74) is 3.47. The minimum Gasteiger partial charge on any atom is -0.385 e. The van der Waals surface area contributed by atoms with Crippen LogP contribution >= 0.6 is 0 Å². The topological polar surface area (TPSA) is 12.0 Å². The first-order chi connectivity index (χ1) is 8.74. The summed E-state index contributed by atoms with van der Waals surface area (Å²) in [6.45, 7) is 0.947. The highest BCUT2D eigenvalue weighted by Crippen LogP contribution is 2.34. The Morgan fingerprint density at radius 2 is 1.94 bits per heavy atom. The number of nitrogens with one attached hydrogen (secondary N) is 1. The van der Waals surface area contributed by atoms with E-state index in [1.165, 1.54) is 11.6 Å². The van der Waals surface area contributed by atoms with Crippen molar-refractivity contribution in [2.75, 3.05) is 11.9 Å². The van der Waals surface area contributed by atoms with Gasteiger partial charge in [-0.25, -0.2) is 8.78 Å². The van der Waals surface area contributed by atoms with Crippen molar-refractivity contribution in [3.05, 3.63) is 47.1 Å². The molecule has 0 atom stereocenters. The van der Waals surface area contributed by atoms with E-state index in [0.29, 0.717) is 5.57 Å². The van der Waals surface area contributed by atoms with Gasteiger partial charge in [-0.1, -0.05) is 12.1 Å². The Morgan fingerprint density at radius 3 is 2.83 bits per heavy atom. The summed E-state index contributed by atoms with van der Waals surface area (Å²) in [6, 6.07) is 5.83. The lowest BCUT2D eigenvalue weighted by Crippen LogP contribution is -2.11. The van der Waals surface area contributed by atoms with E-state index in [4.69, 9.17) is 0 Å². The molecule has 1 N–H and O–H groups in total. The second-order valence-electron chi connectivity index (χ2n) is 4.81. The summed E-state index contributed by atoms with van der Waals surface area (Å²) >= 11 is 0. The molecule has 0 amide bonds. The second-order valence-corrected chi connectivity index (χ2v) is 4.81. The van der Waals surface area contributed by atoms with Gasteiger partial charge in [0.1, 0.15) is 11.7 Å². The minimum absolute atomic E-state index is 0.169. The molecule has 2 aliphatic rings. The quantitative estimate of drug-likeness (QED) is 0.776. The molecular formula is C15H15F2N. The van der Waals surface area contributed by atoms with Crippen molar-refractivity contribution in [2.24, 2.45) is 0 Å². The fourth-order valence-electron chi connectivity index (χ4n) is 2.54. The van der Waals surface area contributed by atoms with Gasteiger partial charge in [-0.05, 0) is 36.1 Å². The Morgan fingerprint density at radius 1 is 1.06 bits per heavy atom. The van der Waals surface area contributed by atoms with Gasteiger partial charge in [0.25, 0.3) is 0 Å². The van der Waals surface area contributed by atoms with Crippen LogP contribution in [0.5, 0.6) is 0 Å². The molecule has 0 spiro atoms. The molecule has 0 saturated carbocycles. The average molecular weight is 247 g/mol. The van der Waals surface area contributed by atoms with Crippen LogP contribution in [0.2, 0.25) is 0 Å². The van der Waals surface area contributed by atoms with Gasteiger partial charge in [-0.15, -0.1) is 0 Å². The third-order valence-electron chi connectivity index (χ3n) is 3.54. The molecule has 3 heteroatoms. The molecule has 0 unspecified atom stereocenters. The van der Waals surface area contributed by atoms with Crippen LogP contribution in [0.3, 0.4) is 0 Å². The summed E-state index contributed by atoms with van der Waals surface area (Å²) in [6.07, 6.45) is 3.84. The van der Waals surface area contributed by atoms with Crippen LogP contribution in [-0.4, -0.2) is 6.54 Å². The number of anilines is 1. The summed E-state index contributed by atoms with van der Waals surface area (Å²) in [5.74, 6) is -0.454. The van der Waals surface area contributed by atoms with Crippen molar-refractivity contribution in [1.29, 1.82) is 0 Å².